The molecule has 0 fully saturated rings. The van der Waals surface area contributed by atoms with E-state index in [4.69, 9.17) is 0 Å². The number of sulfonamides is 1. The van der Waals surface area contributed by atoms with Gasteiger partial charge in [-0.15, -0.1) is 0 Å². The molecule has 2 aromatic rings. The summed E-state index contributed by atoms with van der Waals surface area (Å²) in [7, 11) is -3.63. The van der Waals surface area contributed by atoms with Crippen molar-refractivity contribution in [2.75, 3.05) is 6.61 Å². The standard InChI is InChI=1S/C18H20N2O3S/c21-13-17(12-16-7-3-4-10-19-16)20-24(22,23)18-9-8-14-5-1-2-6-15(14)11-18/h1-7,10-11,17,20-21H,8-9,12-13H2. The van der Waals surface area contributed by atoms with E-state index >= 15 is 0 Å². The summed E-state index contributed by atoms with van der Waals surface area (Å²) in [5, 5.41) is 9.53. The molecule has 0 amide bonds. The number of fused-ring (bicyclic) bond motifs is 1. The fraction of sp³-hybridized carbons (Fsp3) is 0.278. The van der Waals surface area contributed by atoms with Gasteiger partial charge in [-0.05, 0) is 42.2 Å². The van der Waals surface area contributed by atoms with Crippen molar-refractivity contribution < 1.29 is 13.5 Å². The predicted molar refractivity (Wildman–Crippen MR) is 93.6 cm³/mol. The summed E-state index contributed by atoms with van der Waals surface area (Å²) in [5.74, 6) is 0. The van der Waals surface area contributed by atoms with Gasteiger partial charge in [-0.3, -0.25) is 4.98 Å². The van der Waals surface area contributed by atoms with E-state index in [1.807, 2.05) is 36.4 Å². The fourth-order valence-electron chi connectivity index (χ4n) is 2.83. The van der Waals surface area contributed by atoms with Crippen molar-refractivity contribution in [1.82, 2.24) is 9.71 Å². The third-order valence-electron chi connectivity index (χ3n) is 4.08. The monoisotopic (exact) mass is 344 g/mol. The molecule has 0 radical (unpaired) electrons. The highest BCUT2D eigenvalue weighted by atomic mass is 32.2. The van der Waals surface area contributed by atoms with Crippen LogP contribution >= 0.6 is 0 Å². The molecule has 1 atom stereocenters. The number of aliphatic hydroxyl groups excluding tert-OH is 1. The van der Waals surface area contributed by atoms with Crippen LogP contribution in [0, 0.1) is 0 Å². The Bertz CT molecular complexity index is 832. The molecule has 0 saturated carbocycles. The summed E-state index contributed by atoms with van der Waals surface area (Å²) in [5.41, 5.74) is 2.83. The normalized spacial score (nSPS) is 15.5. The first-order chi connectivity index (χ1) is 11.6. The van der Waals surface area contributed by atoms with Gasteiger partial charge in [0.25, 0.3) is 0 Å². The molecule has 0 spiro atoms. The van der Waals surface area contributed by atoms with Crippen LogP contribution in [-0.4, -0.2) is 31.2 Å². The van der Waals surface area contributed by atoms with E-state index in [1.165, 1.54) is 0 Å². The first-order valence-corrected chi connectivity index (χ1v) is 9.38. The Morgan fingerprint density at radius 3 is 2.67 bits per heavy atom. The van der Waals surface area contributed by atoms with Crippen LogP contribution in [-0.2, 0) is 22.9 Å². The highest BCUT2D eigenvalue weighted by Gasteiger charge is 2.24. The molecule has 24 heavy (non-hydrogen) atoms. The first-order valence-electron chi connectivity index (χ1n) is 7.90. The summed E-state index contributed by atoms with van der Waals surface area (Å²) >= 11 is 0. The summed E-state index contributed by atoms with van der Waals surface area (Å²) in [6, 6.07) is 12.6. The lowest BCUT2D eigenvalue weighted by molar-refractivity contribution is 0.255. The second-order valence-corrected chi connectivity index (χ2v) is 7.60. The summed E-state index contributed by atoms with van der Waals surface area (Å²) in [6.07, 6.45) is 4.89. The maximum atomic E-state index is 12.6. The number of hydrogen-bond donors (Lipinski definition) is 2. The molecule has 126 valence electrons. The van der Waals surface area contributed by atoms with Gasteiger partial charge in [-0.1, -0.05) is 30.3 Å². The number of aryl methyl sites for hydroxylation is 1. The topological polar surface area (TPSA) is 79.3 Å². The molecule has 0 bridgehead atoms. The average molecular weight is 344 g/mol. The van der Waals surface area contributed by atoms with Gasteiger partial charge in [-0.25, -0.2) is 13.1 Å². The predicted octanol–water partition coefficient (Wildman–Crippen LogP) is 1.89. The number of nitrogens with one attached hydrogen (secondary N) is 1. The van der Waals surface area contributed by atoms with Crippen LogP contribution in [0.1, 0.15) is 23.2 Å². The zero-order valence-electron chi connectivity index (χ0n) is 13.2. The molecule has 0 aliphatic heterocycles. The molecule has 1 aliphatic carbocycles. The highest BCUT2D eigenvalue weighted by Crippen LogP contribution is 2.26. The zero-order valence-corrected chi connectivity index (χ0v) is 14.0. The van der Waals surface area contributed by atoms with Crippen LogP contribution in [0.4, 0.5) is 0 Å². The van der Waals surface area contributed by atoms with E-state index in [1.54, 1.807) is 18.3 Å². The van der Waals surface area contributed by atoms with E-state index in [0.717, 1.165) is 16.8 Å². The summed E-state index contributed by atoms with van der Waals surface area (Å²) in [4.78, 5) is 4.54. The largest absolute Gasteiger partial charge is 0.395 e. The van der Waals surface area contributed by atoms with Gasteiger partial charge < -0.3 is 5.11 Å². The highest BCUT2D eigenvalue weighted by molar-refractivity contribution is 7.93. The molecule has 0 saturated heterocycles. The third kappa shape index (κ3) is 3.90. The van der Waals surface area contributed by atoms with Crippen molar-refractivity contribution in [2.45, 2.75) is 25.3 Å². The number of aromatic nitrogens is 1. The fourth-order valence-corrected chi connectivity index (χ4v) is 4.23. The van der Waals surface area contributed by atoms with Gasteiger partial charge in [0.1, 0.15) is 0 Å². The Kier molecular flexibility index (Phi) is 5.08. The number of allylic oxidation sites excluding steroid dienone is 1. The molecule has 6 heteroatoms. The van der Waals surface area contributed by atoms with Crippen LogP contribution in [0.25, 0.3) is 6.08 Å². The minimum Gasteiger partial charge on any atom is -0.395 e. The SMILES string of the molecule is O=S(=O)(NC(CO)Cc1ccccn1)C1=Cc2ccccc2CC1. The van der Waals surface area contributed by atoms with Crippen molar-refractivity contribution in [2.24, 2.45) is 0 Å². The number of nitrogens with zero attached hydrogens (tertiary/aromatic N) is 1. The van der Waals surface area contributed by atoms with Crippen LogP contribution in [0.5, 0.6) is 0 Å². The van der Waals surface area contributed by atoms with Crippen molar-refractivity contribution in [1.29, 1.82) is 0 Å². The zero-order chi connectivity index (χ0) is 17.0. The van der Waals surface area contributed by atoms with Crippen molar-refractivity contribution >= 4 is 16.1 Å². The van der Waals surface area contributed by atoms with Crippen molar-refractivity contribution in [3.8, 4) is 0 Å². The molecule has 1 aliphatic rings. The lowest BCUT2D eigenvalue weighted by atomic mass is 9.98. The van der Waals surface area contributed by atoms with Crippen LogP contribution in [0.3, 0.4) is 0 Å². The molecule has 5 nitrogen and oxygen atoms in total. The number of aliphatic hydroxyl groups is 1. The molecule has 1 heterocycles. The third-order valence-corrected chi connectivity index (χ3v) is 5.74. The van der Waals surface area contributed by atoms with Crippen LogP contribution < -0.4 is 4.72 Å². The lowest BCUT2D eigenvalue weighted by Gasteiger charge is -2.20. The van der Waals surface area contributed by atoms with Gasteiger partial charge >= 0.3 is 0 Å². The molecular formula is C18H20N2O3S. The molecule has 2 N–H and O–H groups in total. The van der Waals surface area contributed by atoms with Gasteiger partial charge in [-0.2, -0.15) is 0 Å². The van der Waals surface area contributed by atoms with Gasteiger partial charge in [0.2, 0.25) is 10.0 Å². The van der Waals surface area contributed by atoms with Crippen molar-refractivity contribution in [3.05, 3.63) is 70.4 Å². The molecule has 3 rings (SSSR count). The smallest absolute Gasteiger partial charge is 0.237 e. The summed E-state index contributed by atoms with van der Waals surface area (Å²) < 4.78 is 27.9. The van der Waals surface area contributed by atoms with Crippen LogP contribution in [0.2, 0.25) is 0 Å². The number of hydrogen-bond acceptors (Lipinski definition) is 4. The second-order valence-electron chi connectivity index (χ2n) is 5.84. The molecular weight excluding hydrogens is 324 g/mol. The van der Waals surface area contributed by atoms with Gasteiger partial charge in [0, 0.05) is 18.3 Å². The number of rotatable bonds is 6. The Labute approximate surface area is 142 Å². The minimum absolute atomic E-state index is 0.278. The van der Waals surface area contributed by atoms with E-state index in [0.29, 0.717) is 24.2 Å². The quantitative estimate of drug-likeness (QED) is 0.839. The molecule has 1 aromatic heterocycles. The van der Waals surface area contributed by atoms with E-state index < -0.39 is 16.1 Å². The van der Waals surface area contributed by atoms with Crippen molar-refractivity contribution in [3.63, 3.8) is 0 Å². The lowest BCUT2D eigenvalue weighted by Crippen LogP contribution is -2.40. The number of benzene rings is 1. The molecule has 1 unspecified atom stereocenters. The Hall–Kier alpha value is -2.02. The number of pyridine rings is 1. The van der Waals surface area contributed by atoms with Gasteiger partial charge in [0.15, 0.2) is 0 Å². The van der Waals surface area contributed by atoms with Gasteiger partial charge in [0.05, 0.1) is 17.6 Å². The average Bonchev–Trinajstić information content (AvgIpc) is 2.61. The van der Waals surface area contributed by atoms with E-state index in [9.17, 15) is 13.5 Å². The minimum atomic E-state index is -3.63. The van der Waals surface area contributed by atoms with E-state index in [2.05, 4.69) is 9.71 Å². The Morgan fingerprint density at radius 2 is 1.92 bits per heavy atom. The maximum absolute atomic E-state index is 12.6. The first kappa shape index (κ1) is 16.8. The summed E-state index contributed by atoms with van der Waals surface area (Å²) in [6.45, 7) is -0.278. The Morgan fingerprint density at radius 1 is 1.12 bits per heavy atom. The van der Waals surface area contributed by atoms with E-state index in [-0.39, 0.29) is 6.61 Å². The Balaban J connectivity index is 1.77. The molecule has 1 aromatic carbocycles. The van der Waals surface area contributed by atoms with Crippen LogP contribution in [0.15, 0.2) is 53.6 Å². The second kappa shape index (κ2) is 7.25. The maximum Gasteiger partial charge on any atom is 0.237 e.